The summed E-state index contributed by atoms with van der Waals surface area (Å²) in [6.45, 7) is 2.22. The molecule has 0 aromatic rings. The third kappa shape index (κ3) is 4.31. The molecule has 1 atom stereocenters. The Kier molecular flexibility index (Phi) is 4.90. The predicted octanol–water partition coefficient (Wildman–Crippen LogP) is 3.44. The number of ether oxygens (including phenoxy) is 1. The van der Waals surface area contributed by atoms with Gasteiger partial charge in [0, 0.05) is 6.42 Å². The second-order valence-electron chi connectivity index (χ2n) is 3.26. The molecule has 13 heavy (non-hydrogen) atoms. The summed E-state index contributed by atoms with van der Waals surface area (Å²) in [5.41, 5.74) is 0. The molecule has 0 N–H and O–H groups in total. The molecule has 0 aromatic heterocycles. The molecule has 1 aliphatic heterocycles. The molecule has 0 bridgehead atoms. The molecule has 0 amide bonds. The van der Waals surface area contributed by atoms with E-state index < -0.39 is 0 Å². The van der Waals surface area contributed by atoms with E-state index in [1.165, 1.54) is 25.7 Å². The molecule has 0 radical (unpaired) electrons. The Balaban J connectivity index is 1.95. The summed E-state index contributed by atoms with van der Waals surface area (Å²) in [7, 11) is 0. The Morgan fingerprint density at radius 1 is 1.31 bits per heavy atom. The minimum absolute atomic E-state index is 0.0888. The van der Waals surface area contributed by atoms with Crippen LogP contribution < -0.4 is 0 Å². The van der Waals surface area contributed by atoms with Crippen LogP contribution in [0.3, 0.4) is 0 Å². The predicted molar refractivity (Wildman–Crippen MR) is 55.7 cm³/mol. The van der Waals surface area contributed by atoms with E-state index >= 15 is 0 Å². The summed E-state index contributed by atoms with van der Waals surface area (Å²) in [5.74, 6) is 0. The van der Waals surface area contributed by atoms with Gasteiger partial charge < -0.3 is 4.74 Å². The van der Waals surface area contributed by atoms with Crippen LogP contribution in [0.15, 0.2) is 10.2 Å². The van der Waals surface area contributed by atoms with Gasteiger partial charge in [-0.15, -0.1) is 10.2 Å². The van der Waals surface area contributed by atoms with E-state index in [0.717, 1.165) is 12.8 Å². The molecule has 0 fully saturated rings. The van der Waals surface area contributed by atoms with E-state index in [9.17, 15) is 0 Å². The second-order valence-corrected chi connectivity index (χ2v) is 3.61. The smallest absolute Gasteiger partial charge is 0.304 e. The summed E-state index contributed by atoms with van der Waals surface area (Å²) < 4.78 is 5.17. The summed E-state index contributed by atoms with van der Waals surface area (Å²) in [6, 6.07) is 0. The van der Waals surface area contributed by atoms with Gasteiger partial charge in [-0.2, -0.15) is 0 Å². The number of rotatable bonds is 6. The van der Waals surface area contributed by atoms with Gasteiger partial charge in [0.2, 0.25) is 6.23 Å². The Bertz CT molecular complexity index is 194. The minimum atomic E-state index is -0.0888. The summed E-state index contributed by atoms with van der Waals surface area (Å²) >= 11 is 4.73. The Hall–Kier alpha value is -0.510. The first-order valence-corrected chi connectivity index (χ1v) is 5.35. The van der Waals surface area contributed by atoms with Crippen molar-refractivity contribution in [2.24, 2.45) is 10.2 Å². The quantitative estimate of drug-likeness (QED) is 0.486. The van der Waals surface area contributed by atoms with Crippen molar-refractivity contribution in [1.82, 2.24) is 0 Å². The van der Waals surface area contributed by atoms with E-state index in [4.69, 9.17) is 17.0 Å². The monoisotopic (exact) mass is 200 g/mol. The number of hydrogen-bond acceptors (Lipinski definition) is 3. The first kappa shape index (κ1) is 10.6. The maximum absolute atomic E-state index is 5.17. The van der Waals surface area contributed by atoms with Gasteiger partial charge in [-0.05, 0) is 18.6 Å². The molecule has 3 nitrogen and oxygen atoms in total. The standard InChI is InChI=1S/C9H16N2OS/c1-2-3-4-5-6-7-8-10-11-9(13)12-8/h8H,2-7H2,1H3/t8-/m0/s1. The Morgan fingerprint density at radius 3 is 2.69 bits per heavy atom. The van der Waals surface area contributed by atoms with Crippen molar-refractivity contribution < 1.29 is 4.74 Å². The summed E-state index contributed by atoms with van der Waals surface area (Å²) in [4.78, 5) is 0. The average Bonchev–Trinajstić information content (AvgIpc) is 2.51. The molecule has 1 heterocycles. The third-order valence-electron chi connectivity index (χ3n) is 2.06. The van der Waals surface area contributed by atoms with Crippen LogP contribution >= 0.6 is 12.2 Å². The molecule has 0 saturated heterocycles. The summed E-state index contributed by atoms with van der Waals surface area (Å²) in [6.07, 6.45) is 7.20. The lowest BCUT2D eigenvalue weighted by Gasteiger charge is -2.04. The zero-order valence-electron chi connectivity index (χ0n) is 8.03. The molecular weight excluding hydrogens is 184 g/mol. The summed E-state index contributed by atoms with van der Waals surface area (Å²) in [5, 5.41) is 7.85. The van der Waals surface area contributed by atoms with Crippen LogP contribution in [0.1, 0.15) is 45.4 Å². The first-order valence-electron chi connectivity index (χ1n) is 4.94. The molecule has 0 aromatic carbocycles. The molecule has 4 heteroatoms. The van der Waals surface area contributed by atoms with Gasteiger partial charge in [0.05, 0.1) is 0 Å². The number of hydrogen-bond donors (Lipinski definition) is 0. The van der Waals surface area contributed by atoms with Gasteiger partial charge in [-0.1, -0.05) is 32.6 Å². The van der Waals surface area contributed by atoms with Crippen molar-refractivity contribution in [3.05, 3.63) is 0 Å². The van der Waals surface area contributed by atoms with E-state index in [2.05, 4.69) is 17.2 Å². The number of nitrogens with zero attached hydrogens (tertiary/aromatic N) is 2. The molecule has 0 aliphatic carbocycles. The lowest BCUT2D eigenvalue weighted by atomic mass is 10.1. The normalized spacial score (nSPS) is 20.7. The maximum Gasteiger partial charge on any atom is 0.304 e. The van der Waals surface area contributed by atoms with Gasteiger partial charge in [-0.25, -0.2) is 0 Å². The molecule has 0 spiro atoms. The van der Waals surface area contributed by atoms with Crippen LogP contribution in [0.5, 0.6) is 0 Å². The minimum Gasteiger partial charge on any atom is -0.441 e. The van der Waals surface area contributed by atoms with Crippen LogP contribution in [0.25, 0.3) is 0 Å². The van der Waals surface area contributed by atoms with Gasteiger partial charge in [0.25, 0.3) is 0 Å². The van der Waals surface area contributed by atoms with Crippen molar-refractivity contribution >= 4 is 17.4 Å². The maximum atomic E-state index is 5.17. The highest BCUT2D eigenvalue weighted by molar-refractivity contribution is 7.80. The van der Waals surface area contributed by atoms with Crippen molar-refractivity contribution in [3.8, 4) is 0 Å². The van der Waals surface area contributed by atoms with Crippen molar-refractivity contribution in [3.63, 3.8) is 0 Å². The average molecular weight is 200 g/mol. The van der Waals surface area contributed by atoms with Crippen molar-refractivity contribution in [2.75, 3.05) is 0 Å². The van der Waals surface area contributed by atoms with E-state index in [-0.39, 0.29) is 6.23 Å². The molecule has 0 unspecified atom stereocenters. The van der Waals surface area contributed by atoms with Crippen LogP contribution in [0.2, 0.25) is 0 Å². The zero-order valence-corrected chi connectivity index (χ0v) is 8.85. The van der Waals surface area contributed by atoms with Crippen LogP contribution in [0, 0.1) is 0 Å². The highest BCUT2D eigenvalue weighted by Crippen LogP contribution is 2.15. The molecule has 74 valence electrons. The SMILES string of the molecule is CCCCCCC[C@H]1N=NC(=S)O1. The van der Waals surface area contributed by atoms with Crippen LogP contribution in [-0.2, 0) is 4.74 Å². The molecule has 0 saturated carbocycles. The highest BCUT2D eigenvalue weighted by atomic mass is 32.1. The van der Waals surface area contributed by atoms with Crippen molar-refractivity contribution in [1.29, 1.82) is 0 Å². The van der Waals surface area contributed by atoms with Gasteiger partial charge in [0.15, 0.2) is 0 Å². The third-order valence-corrected chi connectivity index (χ3v) is 2.24. The van der Waals surface area contributed by atoms with Gasteiger partial charge in [-0.3, -0.25) is 0 Å². The van der Waals surface area contributed by atoms with E-state index in [0.29, 0.717) is 5.17 Å². The van der Waals surface area contributed by atoms with Gasteiger partial charge >= 0.3 is 5.17 Å². The topological polar surface area (TPSA) is 34.0 Å². The molecular formula is C9H16N2OS. The largest absolute Gasteiger partial charge is 0.441 e. The van der Waals surface area contributed by atoms with E-state index in [1.807, 2.05) is 0 Å². The van der Waals surface area contributed by atoms with E-state index in [1.54, 1.807) is 0 Å². The van der Waals surface area contributed by atoms with Gasteiger partial charge in [0.1, 0.15) is 0 Å². The highest BCUT2D eigenvalue weighted by Gasteiger charge is 2.15. The fourth-order valence-corrected chi connectivity index (χ4v) is 1.47. The zero-order chi connectivity index (χ0) is 9.52. The van der Waals surface area contributed by atoms with Crippen molar-refractivity contribution in [2.45, 2.75) is 51.7 Å². The Labute approximate surface area is 84.6 Å². The fourth-order valence-electron chi connectivity index (χ4n) is 1.31. The van der Waals surface area contributed by atoms with Crippen LogP contribution in [0.4, 0.5) is 0 Å². The second kappa shape index (κ2) is 6.02. The lowest BCUT2D eigenvalue weighted by Crippen LogP contribution is -2.05. The first-order chi connectivity index (χ1) is 6.33. The fraction of sp³-hybridized carbons (Fsp3) is 0.889. The number of azo groups is 1. The Morgan fingerprint density at radius 2 is 2.08 bits per heavy atom. The number of unbranched alkanes of at least 4 members (excludes halogenated alkanes) is 4. The molecule has 1 aliphatic rings. The number of thiocarbonyl (C=S) groups is 1. The van der Waals surface area contributed by atoms with Crippen LogP contribution in [-0.4, -0.2) is 11.4 Å². The lowest BCUT2D eigenvalue weighted by molar-refractivity contribution is 0.205. The molecule has 1 rings (SSSR count).